The molecule has 0 spiro atoms. The summed E-state index contributed by atoms with van der Waals surface area (Å²) in [7, 11) is 5.57. The minimum Gasteiger partial charge on any atom is -0.497 e. The lowest BCUT2D eigenvalue weighted by Crippen LogP contribution is -2.07. The summed E-state index contributed by atoms with van der Waals surface area (Å²) in [4.78, 5) is 11.8. The van der Waals surface area contributed by atoms with Crippen molar-refractivity contribution < 1.29 is 9.15 Å². The van der Waals surface area contributed by atoms with Gasteiger partial charge in [-0.25, -0.2) is 9.97 Å². The van der Waals surface area contributed by atoms with Gasteiger partial charge in [-0.1, -0.05) is 11.3 Å². The van der Waals surface area contributed by atoms with Crippen LogP contribution in [0.3, 0.4) is 0 Å². The number of oxazole rings is 1. The third-order valence-corrected chi connectivity index (χ3v) is 4.03. The van der Waals surface area contributed by atoms with Gasteiger partial charge in [0.05, 0.1) is 7.11 Å². The number of rotatable bonds is 4. The van der Waals surface area contributed by atoms with E-state index in [1.54, 1.807) is 18.4 Å². The van der Waals surface area contributed by atoms with Crippen molar-refractivity contribution in [2.24, 2.45) is 0 Å². The zero-order valence-electron chi connectivity index (χ0n) is 12.0. The van der Waals surface area contributed by atoms with Crippen LogP contribution in [0.2, 0.25) is 0 Å². The average Bonchev–Trinajstić information content (AvgIpc) is 3.10. The Balaban J connectivity index is 1.84. The van der Waals surface area contributed by atoms with Crippen molar-refractivity contribution in [2.45, 2.75) is 0 Å². The van der Waals surface area contributed by atoms with Crippen LogP contribution in [0, 0.1) is 0 Å². The van der Waals surface area contributed by atoms with E-state index in [2.05, 4.69) is 9.97 Å². The highest BCUT2D eigenvalue weighted by Crippen LogP contribution is 2.24. The van der Waals surface area contributed by atoms with Gasteiger partial charge in [0.1, 0.15) is 11.3 Å². The normalized spacial score (nSPS) is 11.4. The molecule has 0 aliphatic rings. The fourth-order valence-electron chi connectivity index (χ4n) is 1.84. The number of methoxy groups -OCH3 is 1. The molecule has 3 aromatic rings. The summed E-state index contributed by atoms with van der Waals surface area (Å²) < 4.78 is 10.9. The summed E-state index contributed by atoms with van der Waals surface area (Å²) in [5.74, 6) is 1.32. The molecule has 0 unspecified atom stereocenters. The van der Waals surface area contributed by atoms with Gasteiger partial charge in [0.15, 0.2) is 10.7 Å². The van der Waals surface area contributed by atoms with Crippen molar-refractivity contribution in [3.05, 3.63) is 35.2 Å². The van der Waals surface area contributed by atoms with E-state index in [-0.39, 0.29) is 0 Å². The van der Waals surface area contributed by atoms with Gasteiger partial charge in [-0.05, 0) is 18.2 Å². The molecule has 21 heavy (non-hydrogen) atoms. The number of ether oxygens (including phenoxy) is 1. The molecule has 0 radical (unpaired) electrons. The summed E-state index contributed by atoms with van der Waals surface area (Å²) in [5, 5.41) is 0.969. The Morgan fingerprint density at radius 1 is 1.29 bits per heavy atom. The van der Waals surface area contributed by atoms with Gasteiger partial charge in [0.25, 0.3) is 0 Å². The molecule has 0 N–H and O–H groups in total. The molecule has 5 nitrogen and oxygen atoms in total. The van der Waals surface area contributed by atoms with E-state index < -0.39 is 0 Å². The van der Waals surface area contributed by atoms with Crippen LogP contribution < -0.4 is 9.64 Å². The van der Waals surface area contributed by atoms with Crippen molar-refractivity contribution in [3.8, 4) is 5.75 Å². The van der Waals surface area contributed by atoms with Crippen molar-refractivity contribution in [1.82, 2.24) is 9.97 Å². The number of aromatic nitrogens is 2. The van der Waals surface area contributed by atoms with Crippen LogP contribution in [0.4, 0.5) is 5.13 Å². The maximum atomic E-state index is 5.68. The molecule has 0 aliphatic heterocycles. The van der Waals surface area contributed by atoms with Gasteiger partial charge in [-0.2, -0.15) is 0 Å². The van der Waals surface area contributed by atoms with Gasteiger partial charge < -0.3 is 14.1 Å². The molecule has 108 valence electrons. The highest BCUT2D eigenvalue weighted by molar-refractivity contribution is 7.16. The number of fused-ring (bicyclic) bond motifs is 1. The lowest BCUT2D eigenvalue weighted by atomic mass is 10.3. The number of anilines is 1. The minimum absolute atomic E-state index is 0.568. The molecule has 0 fully saturated rings. The molecule has 0 saturated carbocycles. The van der Waals surface area contributed by atoms with Crippen molar-refractivity contribution >= 4 is 39.7 Å². The van der Waals surface area contributed by atoms with E-state index in [9.17, 15) is 0 Å². The van der Waals surface area contributed by atoms with Crippen LogP contribution in [-0.4, -0.2) is 31.2 Å². The summed E-state index contributed by atoms with van der Waals surface area (Å²) >= 11 is 1.61. The monoisotopic (exact) mass is 301 g/mol. The van der Waals surface area contributed by atoms with Crippen LogP contribution in [0.25, 0.3) is 23.3 Å². The topological polar surface area (TPSA) is 51.4 Å². The Kier molecular flexibility index (Phi) is 3.62. The third-order valence-electron chi connectivity index (χ3n) is 2.90. The number of benzene rings is 1. The Labute approximate surface area is 126 Å². The lowest BCUT2D eigenvalue weighted by Gasteiger charge is -2.04. The molecule has 0 atom stereocenters. The second-order valence-electron chi connectivity index (χ2n) is 4.66. The quantitative estimate of drug-likeness (QED) is 0.738. The molecule has 0 bridgehead atoms. The summed E-state index contributed by atoms with van der Waals surface area (Å²) in [6.45, 7) is 0. The van der Waals surface area contributed by atoms with E-state index in [4.69, 9.17) is 9.15 Å². The van der Waals surface area contributed by atoms with Gasteiger partial charge in [0, 0.05) is 37.3 Å². The Morgan fingerprint density at radius 2 is 2.14 bits per heavy atom. The first kappa shape index (κ1) is 13.6. The highest BCUT2D eigenvalue weighted by atomic mass is 32.1. The second kappa shape index (κ2) is 5.57. The maximum Gasteiger partial charge on any atom is 0.220 e. The van der Waals surface area contributed by atoms with Gasteiger partial charge in [0.2, 0.25) is 5.89 Å². The number of thiazole rings is 1. The number of nitrogens with zero attached hydrogens (tertiary/aromatic N) is 3. The molecule has 6 heteroatoms. The van der Waals surface area contributed by atoms with E-state index in [0.717, 1.165) is 21.3 Å². The first-order valence-corrected chi connectivity index (χ1v) is 7.23. The molecule has 0 saturated heterocycles. The fourth-order valence-corrected chi connectivity index (χ4v) is 2.58. The lowest BCUT2D eigenvalue weighted by molar-refractivity contribution is 0.414. The Morgan fingerprint density at radius 3 is 2.86 bits per heavy atom. The molecule has 2 heterocycles. The molecule has 2 aromatic heterocycles. The number of hydrogen-bond acceptors (Lipinski definition) is 6. The van der Waals surface area contributed by atoms with E-state index in [1.165, 1.54) is 0 Å². The van der Waals surface area contributed by atoms with Crippen molar-refractivity contribution in [3.63, 3.8) is 0 Å². The standard InChI is InChI=1S/C15H15N3O2S/c1-18(2)15-16-9-11(21-15)5-7-14-17-12-6-4-10(19-3)8-13(12)20-14/h4-9H,1-3H3/b7-5+. The Bertz CT molecular complexity index is 789. The van der Waals surface area contributed by atoms with Crippen LogP contribution >= 0.6 is 11.3 Å². The maximum absolute atomic E-state index is 5.68. The van der Waals surface area contributed by atoms with E-state index in [0.29, 0.717) is 11.5 Å². The fraction of sp³-hybridized carbons (Fsp3) is 0.200. The first-order valence-electron chi connectivity index (χ1n) is 6.41. The SMILES string of the molecule is COc1ccc2nc(/C=C/c3cnc(N(C)C)s3)oc2c1. The van der Waals surface area contributed by atoms with Crippen molar-refractivity contribution in [2.75, 3.05) is 26.1 Å². The van der Waals surface area contributed by atoms with E-state index in [1.807, 2.05) is 55.5 Å². The van der Waals surface area contributed by atoms with E-state index >= 15 is 0 Å². The highest BCUT2D eigenvalue weighted by Gasteiger charge is 2.05. The summed E-state index contributed by atoms with van der Waals surface area (Å²) in [6.07, 6.45) is 5.63. The van der Waals surface area contributed by atoms with Crippen LogP contribution in [-0.2, 0) is 0 Å². The average molecular weight is 301 g/mol. The van der Waals surface area contributed by atoms with Crippen LogP contribution in [0.15, 0.2) is 28.8 Å². The molecule has 0 amide bonds. The minimum atomic E-state index is 0.568. The largest absolute Gasteiger partial charge is 0.497 e. The molecule has 0 aliphatic carbocycles. The first-order chi connectivity index (χ1) is 10.2. The van der Waals surface area contributed by atoms with Gasteiger partial charge in [-0.15, -0.1) is 0 Å². The predicted molar refractivity (Wildman–Crippen MR) is 85.9 cm³/mol. The second-order valence-corrected chi connectivity index (χ2v) is 5.70. The van der Waals surface area contributed by atoms with Crippen LogP contribution in [0.1, 0.15) is 10.8 Å². The summed E-state index contributed by atoms with van der Waals surface area (Å²) in [5.41, 5.74) is 1.53. The molecular formula is C15H15N3O2S. The molecule has 1 aromatic carbocycles. The summed E-state index contributed by atoms with van der Waals surface area (Å²) in [6, 6.07) is 5.58. The third kappa shape index (κ3) is 2.90. The van der Waals surface area contributed by atoms with Crippen LogP contribution in [0.5, 0.6) is 5.75 Å². The smallest absolute Gasteiger partial charge is 0.220 e. The predicted octanol–water partition coefficient (Wildman–Crippen LogP) is 3.53. The zero-order valence-corrected chi connectivity index (χ0v) is 12.8. The van der Waals surface area contributed by atoms with Gasteiger partial charge >= 0.3 is 0 Å². The van der Waals surface area contributed by atoms with Crippen molar-refractivity contribution in [1.29, 1.82) is 0 Å². The molecular weight excluding hydrogens is 286 g/mol. The molecule has 3 rings (SSSR count). The van der Waals surface area contributed by atoms with Gasteiger partial charge in [-0.3, -0.25) is 0 Å². The Hall–Kier alpha value is -2.34. The zero-order chi connectivity index (χ0) is 14.8. The number of hydrogen-bond donors (Lipinski definition) is 0.